The number of hydrogen-bond acceptors (Lipinski definition) is 4. The summed E-state index contributed by atoms with van der Waals surface area (Å²) in [5, 5.41) is 5.03. The number of hydrogen-bond donors (Lipinski definition) is 1. The summed E-state index contributed by atoms with van der Waals surface area (Å²) in [6, 6.07) is 7.19. The maximum atomic E-state index is 8.00. The van der Waals surface area contributed by atoms with Crippen molar-refractivity contribution >= 4 is 35.9 Å². The molecule has 0 aliphatic carbocycles. The Bertz CT molecular complexity index is 507. The normalized spacial score (nSPS) is 9.30. The van der Waals surface area contributed by atoms with Gasteiger partial charge in [0, 0.05) is 5.56 Å². The van der Waals surface area contributed by atoms with Gasteiger partial charge in [0.1, 0.15) is 6.79 Å². The van der Waals surface area contributed by atoms with Crippen LogP contribution < -0.4 is 5.73 Å². The summed E-state index contributed by atoms with van der Waals surface area (Å²) in [4.78, 5) is 8.00. The zero-order valence-electron chi connectivity index (χ0n) is 11.7. The molecule has 0 amide bonds. The second-order valence-electron chi connectivity index (χ2n) is 4.13. The molecule has 0 aliphatic rings. The molecular formula is C14H18Cl2N2O2. The van der Waals surface area contributed by atoms with Crippen molar-refractivity contribution in [3.8, 4) is 0 Å². The number of rotatable bonds is 1. The van der Waals surface area contributed by atoms with Crippen LogP contribution >= 0.6 is 23.2 Å². The van der Waals surface area contributed by atoms with Crippen LogP contribution in [0.2, 0.25) is 10.0 Å². The van der Waals surface area contributed by atoms with Crippen LogP contribution in [0.15, 0.2) is 28.8 Å². The topological polar surface area (TPSA) is 69.1 Å². The largest absolute Gasteiger partial charge is 0.367 e. The molecule has 1 aromatic carbocycles. The van der Waals surface area contributed by atoms with E-state index in [-0.39, 0.29) is 0 Å². The molecule has 0 bridgehead atoms. The van der Waals surface area contributed by atoms with Crippen molar-refractivity contribution in [3.63, 3.8) is 0 Å². The molecule has 0 saturated heterocycles. The van der Waals surface area contributed by atoms with E-state index >= 15 is 0 Å². The molecule has 0 fully saturated rings. The van der Waals surface area contributed by atoms with E-state index in [0.717, 1.165) is 11.3 Å². The lowest BCUT2D eigenvalue weighted by molar-refractivity contribution is -0.0979. The molecule has 1 aromatic heterocycles. The van der Waals surface area contributed by atoms with Gasteiger partial charge in [-0.2, -0.15) is 0 Å². The molecule has 2 aromatic rings. The Morgan fingerprint density at radius 2 is 1.65 bits per heavy atom. The molecule has 1 heterocycles. The molecule has 4 nitrogen and oxygen atoms in total. The molecule has 6 heteroatoms. The average Bonchev–Trinajstić information content (AvgIpc) is 2.77. The summed E-state index contributed by atoms with van der Waals surface area (Å²) in [6.45, 7) is 8.04. The lowest BCUT2D eigenvalue weighted by Gasteiger charge is -1.97. The van der Waals surface area contributed by atoms with Gasteiger partial charge >= 0.3 is 0 Å². The molecule has 20 heavy (non-hydrogen) atoms. The van der Waals surface area contributed by atoms with Crippen LogP contribution in [0, 0.1) is 6.92 Å². The molecule has 110 valence electrons. The third-order valence-corrected chi connectivity index (χ3v) is 3.12. The second-order valence-corrected chi connectivity index (χ2v) is 4.94. The Kier molecular flexibility index (Phi) is 8.68. The highest BCUT2D eigenvalue weighted by Gasteiger charge is 2.11. The molecule has 2 N–H and O–H groups in total. The van der Waals surface area contributed by atoms with Crippen molar-refractivity contribution < 1.29 is 9.32 Å². The van der Waals surface area contributed by atoms with Crippen molar-refractivity contribution in [1.29, 1.82) is 0 Å². The first-order chi connectivity index (χ1) is 9.43. The van der Waals surface area contributed by atoms with Crippen molar-refractivity contribution in [2.45, 2.75) is 26.7 Å². The molecule has 0 atom stereocenters. The molecular weight excluding hydrogens is 299 g/mol. The molecule has 0 radical (unpaired) electrons. The predicted octanol–water partition coefficient (Wildman–Crippen LogP) is 4.50. The average molecular weight is 317 g/mol. The minimum absolute atomic E-state index is 0.390. The van der Waals surface area contributed by atoms with Crippen LogP contribution in [0.4, 0.5) is 5.88 Å². The van der Waals surface area contributed by atoms with Crippen LogP contribution in [0.5, 0.6) is 0 Å². The van der Waals surface area contributed by atoms with Gasteiger partial charge in [0.15, 0.2) is 0 Å². The van der Waals surface area contributed by atoms with E-state index in [9.17, 15) is 0 Å². The summed E-state index contributed by atoms with van der Waals surface area (Å²) < 4.78 is 4.78. The zero-order valence-corrected chi connectivity index (χ0v) is 13.2. The zero-order chi connectivity index (χ0) is 15.7. The number of halogens is 2. The highest BCUT2D eigenvalue weighted by molar-refractivity contribution is 6.41. The van der Waals surface area contributed by atoms with Gasteiger partial charge in [0.25, 0.3) is 0 Å². The van der Waals surface area contributed by atoms with E-state index in [4.69, 9.17) is 38.3 Å². The first-order valence-electron chi connectivity index (χ1n) is 5.84. The number of benzene rings is 1. The standard InChI is InChI=1S/C7H12N2O.C6H4Cl2.CH2O/c1-4(2)6-5(3)7(8)10-9-6;7-5-3-1-2-4-6(5)8;1-2/h4H,8H2,1-3H3;1-4H;1H2. The van der Waals surface area contributed by atoms with Crippen LogP contribution in [0.1, 0.15) is 31.0 Å². The third kappa shape index (κ3) is 5.63. The summed E-state index contributed by atoms with van der Waals surface area (Å²) in [5.74, 6) is 0.824. The Hall–Kier alpha value is -1.52. The van der Waals surface area contributed by atoms with E-state index in [1.54, 1.807) is 12.1 Å². The fourth-order valence-corrected chi connectivity index (χ4v) is 1.61. The highest BCUT2D eigenvalue weighted by atomic mass is 35.5. The van der Waals surface area contributed by atoms with Crippen LogP contribution in [0.25, 0.3) is 0 Å². The van der Waals surface area contributed by atoms with Crippen LogP contribution in [0.3, 0.4) is 0 Å². The highest BCUT2D eigenvalue weighted by Crippen LogP contribution is 2.21. The summed E-state index contributed by atoms with van der Waals surface area (Å²) in [5.41, 5.74) is 7.37. The number of carbonyl (C=O) groups is 1. The van der Waals surface area contributed by atoms with E-state index in [1.165, 1.54) is 0 Å². The Morgan fingerprint density at radius 1 is 1.20 bits per heavy atom. The summed E-state index contributed by atoms with van der Waals surface area (Å²) in [7, 11) is 0. The Morgan fingerprint density at radius 3 is 1.85 bits per heavy atom. The van der Waals surface area contributed by atoms with Gasteiger partial charge in [0.2, 0.25) is 5.88 Å². The predicted molar refractivity (Wildman–Crippen MR) is 83.3 cm³/mol. The van der Waals surface area contributed by atoms with Gasteiger partial charge in [-0.05, 0) is 25.0 Å². The first-order valence-corrected chi connectivity index (χ1v) is 6.59. The minimum atomic E-state index is 0.390. The second kappa shape index (κ2) is 9.39. The number of anilines is 1. The fourth-order valence-electron chi connectivity index (χ4n) is 1.34. The number of nitrogens with zero attached hydrogens (tertiary/aromatic N) is 1. The summed E-state index contributed by atoms with van der Waals surface area (Å²) in [6.07, 6.45) is 0. The molecule has 0 unspecified atom stereocenters. The third-order valence-electron chi connectivity index (χ3n) is 2.37. The SMILES string of the molecule is C=O.Cc1c(C(C)C)noc1N.Clc1ccccc1Cl. The quantitative estimate of drug-likeness (QED) is 0.841. The smallest absolute Gasteiger partial charge is 0.225 e. The fraction of sp³-hybridized carbons (Fsp3) is 0.286. The van der Waals surface area contributed by atoms with Crippen molar-refractivity contribution in [2.75, 3.05) is 5.73 Å². The number of nitrogen functional groups attached to an aromatic ring is 1. The van der Waals surface area contributed by atoms with Crippen LogP contribution in [-0.2, 0) is 4.79 Å². The molecule has 0 aliphatic heterocycles. The maximum Gasteiger partial charge on any atom is 0.225 e. The Labute approximate surface area is 128 Å². The molecule has 0 saturated carbocycles. The number of nitrogens with two attached hydrogens (primary N) is 1. The van der Waals surface area contributed by atoms with Gasteiger partial charge in [-0.3, -0.25) is 0 Å². The van der Waals surface area contributed by atoms with Crippen LogP contribution in [-0.4, -0.2) is 11.9 Å². The summed E-state index contributed by atoms with van der Waals surface area (Å²) >= 11 is 11.2. The number of aromatic nitrogens is 1. The monoisotopic (exact) mass is 316 g/mol. The van der Waals surface area contributed by atoms with Crippen molar-refractivity contribution in [1.82, 2.24) is 5.16 Å². The van der Waals surface area contributed by atoms with Crippen molar-refractivity contribution in [2.24, 2.45) is 0 Å². The van der Waals surface area contributed by atoms with E-state index in [0.29, 0.717) is 21.8 Å². The van der Waals surface area contributed by atoms with E-state index in [2.05, 4.69) is 19.0 Å². The minimum Gasteiger partial charge on any atom is -0.367 e. The van der Waals surface area contributed by atoms with Gasteiger partial charge in [-0.25, -0.2) is 0 Å². The first kappa shape index (κ1) is 18.5. The van der Waals surface area contributed by atoms with E-state index in [1.807, 2.05) is 25.8 Å². The Balaban J connectivity index is 0.000000327. The lowest BCUT2D eigenvalue weighted by Crippen LogP contribution is -1.91. The molecule has 0 spiro atoms. The van der Waals surface area contributed by atoms with Gasteiger partial charge in [-0.15, -0.1) is 0 Å². The van der Waals surface area contributed by atoms with Crippen molar-refractivity contribution in [3.05, 3.63) is 45.6 Å². The van der Waals surface area contributed by atoms with Gasteiger partial charge in [0.05, 0.1) is 15.7 Å². The molecule has 2 rings (SSSR count). The number of carbonyl (C=O) groups excluding carboxylic acids is 1. The van der Waals surface area contributed by atoms with Gasteiger partial charge < -0.3 is 15.1 Å². The van der Waals surface area contributed by atoms with E-state index < -0.39 is 0 Å². The van der Waals surface area contributed by atoms with Gasteiger partial charge in [-0.1, -0.05) is 54.3 Å². The maximum absolute atomic E-state index is 8.00. The lowest BCUT2D eigenvalue weighted by atomic mass is 10.1.